The number of ether oxygens (including phenoxy) is 1. The maximum absolute atomic E-state index is 13.3. The van der Waals surface area contributed by atoms with Crippen molar-refractivity contribution in [2.24, 2.45) is 11.8 Å². The summed E-state index contributed by atoms with van der Waals surface area (Å²) in [6.07, 6.45) is 4.18. The van der Waals surface area contributed by atoms with E-state index in [-0.39, 0.29) is 11.0 Å². The van der Waals surface area contributed by atoms with Gasteiger partial charge in [0.05, 0.1) is 7.11 Å². The highest BCUT2D eigenvalue weighted by Crippen LogP contribution is 2.43. The minimum absolute atomic E-state index is 0.0912. The summed E-state index contributed by atoms with van der Waals surface area (Å²) >= 11 is 0. The minimum atomic E-state index is -2.00. The van der Waals surface area contributed by atoms with Crippen LogP contribution in [0.5, 0.6) is 11.5 Å². The summed E-state index contributed by atoms with van der Waals surface area (Å²) in [4.78, 5) is 15.8. The van der Waals surface area contributed by atoms with Gasteiger partial charge in [0.25, 0.3) is 8.32 Å². The van der Waals surface area contributed by atoms with Gasteiger partial charge in [-0.1, -0.05) is 51.1 Å². The van der Waals surface area contributed by atoms with Crippen molar-refractivity contribution in [1.29, 1.82) is 0 Å². The highest BCUT2D eigenvalue weighted by molar-refractivity contribution is 6.74. The Hall–Kier alpha value is -2.11. The maximum atomic E-state index is 13.3. The van der Waals surface area contributed by atoms with Crippen LogP contribution in [0.1, 0.15) is 61.5 Å². The summed E-state index contributed by atoms with van der Waals surface area (Å²) in [6, 6.07) is 14.7. The van der Waals surface area contributed by atoms with Crippen molar-refractivity contribution in [2.75, 3.05) is 20.2 Å². The van der Waals surface area contributed by atoms with E-state index in [2.05, 4.69) is 75.2 Å². The number of Topliss-reactive ketones (excluding diaryl/α,β-unsaturated/α-hetero) is 1. The zero-order valence-electron chi connectivity index (χ0n) is 21.8. The van der Waals surface area contributed by atoms with Crippen LogP contribution in [-0.2, 0) is 13.0 Å². The number of hydrogen-bond acceptors (Lipinski definition) is 4. The fourth-order valence-electron chi connectivity index (χ4n) is 5.06. The Kier molecular flexibility index (Phi) is 7.25. The predicted molar refractivity (Wildman–Crippen MR) is 141 cm³/mol. The van der Waals surface area contributed by atoms with E-state index in [1.54, 1.807) is 7.11 Å². The van der Waals surface area contributed by atoms with Crippen LogP contribution in [0, 0.1) is 11.8 Å². The van der Waals surface area contributed by atoms with Crippen LogP contribution in [0.15, 0.2) is 42.5 Å². The number of carbonyl (C=O) groups is 1. The molecule has 1 unspecified atom stereocenters. The van der Waals surface area contributed by atoms with Gasteiger partial charge in [0.15, 0.2) is 11.5 Å². The molecule has 2 aliphatic rings. The summed E-state index contributed by atoms with van der Waals surface area (Å²) in [6.45, 7) is 14.5. The second kappa shape index (κ2) is 9.86. The number of ketones is 1. The molecule has 2 aromatic carbocycles. The van der Waals surface area contributed by atoms with Crippen molar-refractivity contribution in [3.05, 3.63) is 59.2 Å². The number of hydrogen-bond donors (Lipinski definition) is 0. The van der Waals surface area contributed by atoms with Gasteiger partial charge in [0.2, 0.25) is 0 Å². The van der Waals surface area contributed by atoms with Crippen molar-refractivity contribution < 1.29 is 14.0 Å². The average Bonchev–Trinajstić information content (AvgIpc) is 3.08. The van der Waals surface area contributed by atoms with E-state index < -0.39 is 8.32 Å². The van der Waals surface area contributed by atoms with Crippen molar-refractivity contribution in [3.8, 4) is 11.5 Å². The number of carbonyl (C=O) groups excluding carboxylic acids is 1. The van der Waals surface area contributed by atoms with Gasteiger partial charge in [-0.3, -0.25) is 9.69 Å². The van der Waals surface area contributed by atoms with E-state index in [9.17, 15) is 4.79 Å². The Labute approximate surface area is 206 Å². The Morgan fingerprint density at radius 2 is 1.71 bits per heavy atom. The summed E-state index contributed by atoms with van der Waals surface area (Å²) in [5.41, 5.74) is 3.35. The number of benzene rings is 2. The normalized spacial score (nSPS) is 19.8. The van der Waals surface area contributed by atoms with E-state index in [4.69, 9.17) is 9.16 Å². The summed E-state index contributed by atoms with van der Waals surface area (Å²) in [5, 5.41) is 0.102. The van der Waals surface area contributed by atoms with Gasteiger partial charge in [-0.2, -0.15) is 0 Å². The van der Waals surface area contributed by atoms with E-state index in [1.165, 1.54) is 18.4 Å². The molecule has 1 saturated heterocycles. The lowest BCUT2D eigenvalue weighted by Gasteiger charge is -2.36. The fourth-order valence-corrected chi connectivity index (χ4v) is 6.08. The van der Waals surface area contributed by atoms with E-state index >= 15 is 0 Å². The van der Waals surface area contributed by atoms with Crippen LogP contribution >= 0.6 is 0 Å². The molecule has 0 radical (unpaired) electrons. The van der Waals surface area contributed by atoms with E-state index in [1.807, 2.05) is 6.07 Å². The third kappa shape index (κ3) is 5.41. The molecule has 1 aliphatic heterocycles. The number of methoxy groups -OCH3 is 1. The lowest BCUT2D eigenvalue weighted by atomic mass is 9.85. The number of piperidine rings is 1. The van der Waals surface area contributed by atoms with Crippen LogP contribution in [0.3, 0.4) is 0 Å². The van der Waals surface area contributed by atoms with Gasteiger partial charge in [0, 0.05) is 18.0 Å². The number of nitrogens with zero attached hydrogens (tertiary/aromatic N) is 1. The van der Waals surface area contributed by atoms with E-state index in [0.717, 1.165) is 49.4 Å². The van der Waals surface area contributed by atoms with Gasteiger partial charge in [-0.15, -0.1) is 0 Å². The third-order valence-corrected chi connectivity index (χ3v) is 12.6. The summed E-state index contributed by atoms with van der Waals surface area (Å²) in [5.74, 6) is 2.50. The Morgan fingerprint density at radius 3 is 2.32 bits per heavy atom. The highest BCUT2D eigenvalue weighted by atomic mass is 28.4. The van der Waals surface area contributed by atoms with Gasteiger partial charge in [-0.05, 0) is 86.1 Å². The molecule has 5 heteroatoms. The molecule has 1 heterocycles. The Balaban J connectivity index is 1.39. The topological polar surface area (TPSA) is 38.8 Å². The first-order valence-corrected chi connectivity index (χ1v) is 15.7. The molecule has 1 aliphatic carbocycles. The van der Waals surface area contributed by atoms with Crippen LogP contribution < -0.4 is 9.16 Å². The Morgan fingerprint density at radius 1 is 1.03 bits per heavy atom. The van der Waals surface area contributed by atoms with Gasteiger partial charge < -0.3 is 9.16 Å². The predicted octanol–water partition coefficient (Wildman–Crippen LogP) is 6.74. The summed E-state index contributed by atoms with van der Waals surface area (Å²) in [7, 11) is -0.333. The molecule has 2 aromatic rings. The minimum Gasteiger partial charge on any atom is -0.541 e. The SMILES string of the molecule is COc1cc2c(cc1O[Si](C)(C)C(C)(C)C)CC(CC1CCN(Cc3ccccc3)CC1)C2=O. The van der Waals surface area contributed by atoms with Crippen LogP contribution in [-0.4, -0.2) is 39.2 Å². The molecule has 34 heavy (non-hydrogen) atoms. The quantitative estimate of drug-likeness (QED) is 0.412. The van der Waals surface area contributed by atoms with Crippen LogP contribution in [0.2, 0.25) is 18.1 Å². The largest absolute Gasteiger partial charge is 0.541 e. The van der Waals surface area contributed by atoms with Crippen molar-refractivity contribution in [2.45, 2.75) is 71.1 Å². The summed E-state index contributed by atoms with van der Waals surface area (Å²) < 4.78 is 12.3. The first-order chi connectivity index (χ1) is 16.1. The molecule has 1 fully saturated rings. The second-order valence-corrected chi connectivity index (χ2v) is 16.5. The zero-order chi connectivity index (χ0) is 24.5. The molecule has 184 valence electrons. The molecule has 1 atom stereocenters. The van der Waals surface area contributed by atoms with Crippen LogP contribution in [0.25, 0.3) is 0 Å². The molecule has 0 aromatic heterocycles. The molecule has 0 saturated carbocycles. The second-order valence-electron chi connectivity index (χ2n) is 11.7. The number of fused-ring (bicyclic) bond motifs is 1. The molecular formula is C29H41NO3Si. The van der Waals surface area contributed by atoms with E-state index in [0.29, 0.717) is 17.5 Å². The molecule has 0 amide bonds. The molecule has 4 rings (SSSR count). The highest BCUT2D eigenvalue weighted by Gasteiger charge is 2.40. The standard InChI is InChI=1S/C29H41NO3Si/c1-29(2,3)34(5,6)33-27-18-23-17-24(28(31)25(23)19-26(27)32-4)16-21-12-14-30(15-13-21)20-22-10-8-7-9-11-22/h7-11,18-19,21,24H,12-17,20H2,1-6H3. The van der Waals surface area contributed by atoms with Crippen molar-refractivity contribution in [1.82, 2.24) is 4.90 Å². The van der Waals surface area contributed by atoms with Crippen molar-refractivity contribution >= 4 is 14.1 Å². The first-order valence-electron chi connectivity index (χ1n) is 12.8. The molecule has 0 spiro atoms. The Bertz CT molecular complexity index is 1000. The lowest BCUT2D eigenvalue weighted by Crippen LogP contribution is -2.44. The van der Waals surface area contributed by atoms with Crippen molar-refractivity contribution in [3.63, 3.8) is 0 Å². The van der Waals surface area contributed by atoms with Gasteiger partial charge >= 0.3 is 0 Å². The van der Waals surface area contributed by atoms with Gasteiger partial charge in [0.1, 0.15) is 5.75 Å². The fraction of sp³-hybridized carbons (Fsp3) is 0.552. The van der Waals surface area contributed by atoms with Crippen LogP contribution in [0.4, 0.5) is 0 Å². The monoisotopic (exact) mass is 479 g/mol. The maximum Gasteiger partial charge on any atom is 0.250 e. The smallest absolute Gasteiger partial charge is 0.250 e. The number of likely N-dealkylation sites (tertiary alicyclic amines) is 1. The zero-order valence-corrected chi connectivity index (χ0v) is 22.8. The molecule has 4 nitrogen and oxygen atoms in total. The molecule has 0 bridgehead atoms. The molecule has 0 N–H and O–H groups in total. The third-order valence-electron chi connectivity index (χ3n) is 8.24. The number of rotatable bonds is 7. The average molecular weight is 480 g/mol. The first kappa shape index (κ1) is 25.0. The molecular weight excluding hydrogens is 438 g/mol. The van der Waals surface area contributed by atoms with Gasteiger partial charge in [-0.25, -0.2) is 0 Å². The lowest BCUT2D eigenvalue weighted by molar-refractivity contribution is 0.0895.